The second kappa shape index (κ2) is 9.01. The molecule has 0 radical (unpaired) electrons. The van der Waals surface area contributed by atoms with Gasteiger partial charge >= 0.3 is 5.97 Å². The Labute approximate surface area is 257 Å². The maximum Gasteiger partial charge on any atom is 0.322 e. The van der Waals surface area contributed by atoms with Crippen LogP contribution in [0.3, 0.4) is 0 Å². The van der Waals surface area contributed by atoms with E-state index in [2.05, 4.69) is 89.1 Å². The van der Waals surface area contributed by atoms with Gasteiger partial charge in [0.2, 0.25) is 5.91 Å². The number of carboxylic acid groups (broad SMARTS) is 1. The number of para-hydroxylation sites is 1. The average molecular weight is 585 g/mol. The molecule has 0 saturated heterocycles. The molecule has 3 N–H and O–H groups in total. The fourth-order valence-corrected chi connectivity index (χ4v) is 12.3. The molecule has 0 bridgehead atoms. The summed E-state index contributed by atoms with van der Waals surface area (Å²) in [6.07, 6.45) is 12.0. The zero-order chi connectivity index (χ0) is 30.8. The van der Waals surface area contributed by atoms with Crippen LogP contribution in [0.25, 0.3) is 10.9 Å². The number of benzene rings is 1. The standard InChI is InChI=1S/C38H52N2O3/c1-33(2)16-18-38(32(43)39-22-30(41)42)19-17-36(6)25(26(38)21-33)12-13-29-35(5)20-24-23-10-8-9-11-27(23)40-31(24)34(3,4)28(35)14-15-37(29,36)7/h8-12,26,28-29,40H,13-22H2,1-7H3,(H,39,43)(H,41,42)/t26-,28-,29+,35-,36+,37+,38-/m0/s1. The van der Waals surface area contributed by atoms with Gasteiger partial charge in [-0.1, -0.05) is 78.3 Å². The Morgan fingerprint density at radius 3 is 2.42 bits per heavy atom. The molecule has 3 fully saturated rings. The molecule has 2 aromatic rings. The summed E-state index contributed by atoms with van der Waals surface area (Å²) in [7, 11) is 0. The summed E-state index contributed by atoms with van der Waals surface area (Å²) in [4.78, 5) is 29.2. The SMILES string of the molecule is CC1(C)CC[C@]2(C(=O)NCC(=O)O)CC[C@]3(C)C(=CC[C@@H]4[C@@]5(C)Cc6c([nH]c7ccccc67)C(C)(C)[C@@H]5CC[C@]43C)[C@@H]2C1. The van der Waals surface area contributed by atoms with Crippen LogP contribution in [-0.2, 0) is 21.4 Å². The predicted octanol–water partition coefficient (Wildman–Crippen LogP) is 8.18. The predicted molar refractivity (Wildman–Crippen MR) is 172 cm³/mol. The lowest BCUT2D eigenvalue weighted by Crippen LogP contribution is -2.65. The van der Waals surface area contributed by atoms with Crippen LogP contribution in [0.5, 0.6) is 0 Å². The molecule has 3 saturated carbocycles. The van der Waals surface area contributed by atoms with Crippen molar-refractivity contribution in [3.05, 3.63) is 47.2 Å². The second-order valence-corrected chi connectivity index (χ2v) is 17.4. The van der Waals surface area contributed by atoms with E-state index in [4.69, 9.17) is 0 Å². The number of aromatic nitrogens is 1. The van der Waals surface area contributed by atoms with E-state index in [1.165, 1.54) is 40.6 Å². The molecular formula is C38H52N2O3. The van der Waals surface area contributed by atoms with Crippen molar-refractivity contribution in [3.63, 3.8) is 0 Å². The highest BCUT2D eigenvalue weighted by Gasteiger charge is 2.69. The van der Waals surface area contributed by atoms with Gasteiger partial charge in [0.25, 0.3) is 0 Å². The maximum absolute atomic E-state index is 13.9. The van der Waals surface area contributed by atoms with Gasteiger partial charge in [0.1, 0.15) is 6.54 Å². The van der Waals surface area contributed by atoms with E-state index in [0.717, 1.165) is 44.9 Å². The number of fused-ring (bicyclic) bond motifs is 10. The van der Waals surface area contributed by atoms with Crippen LogP contribution in [0, 0.1) is 44.8 Å². The Balaban J connectivity index is 1.32. The van der Waals surface area contributed by atoms with Crippen molar-refractivity contribution in [2.75, 3.05) is 6.54 Å². The van der Waals surface area contributed by atoms with Gasteiger partial charge in [-0.3, -0.25) is 9.59 Å². The summed E-state index contributed by atoms with van der Waals surface area (Å²) in [6.45, 7) is 17.2. The molecule has 0 spiro atoms. The molecule has 43 heavy (non-hydrogen) atoms. The number of H-pyrrole nitrogens is 1. The number of carbonyl (C=O) groups is 2. The first-order valence-electron chi connectivity index (χ1n) is 16.9. The van der Waals surface area contributed by atoms with Gasteiger partial charge in [0.15, 0.2) is 0 Å². The van der Waals surface area contributed by atoms with E-state index in [1.807, 2.05) is 0 Å². The molecule has 5 heteroatoms. The Morgan fingerprint density at radius 1 is 0.953 bits per heavy atom. The first kappa shape index (κ1) is 29.2. The van der Waals surface area contributed by atoms with Crippen molar-refractivity contribution >= 4 is 22.8 Å². The first-order chi connectivity index (χ1) is 20.1. The Hall–Kier alpha value is -2.56. The lowest BCUT2D eigenvalue weighted by atomic mass is 9.33. The number of nitrogens with one attached hydrogen (secondary N) is 2. The molecule has 5 nitrogen and oxygen atoms in total. The van der Waals surface area contributed by atoms with E-state index in [1.54, 1.807) is 0 Å². The largest absolute Gasteiger partial charge is 0.480 e. The summed E-state index contributed by atoms with van der Waals surface area (Å²) >= 11 is 0. The molecule has 0 unspecified atom stereocenters. The van der Waals surface area contributed by atoms with E-state index in [9.17, 15) is 14.7 Å². The molecule has 1 aromatic carbocycles. The Kier molecular flexibility index (Phi) is 6.11. The lowest BCUT2D eigenvalue weighted by Gasteiger charge is -2.70. The number of carbonyl (C=O) groups excluding carboxylic acids is 1. The summed E-state index contributed by atoms with van der Waals surface area (Å²) < 4.78 is 0. The van der Waals surface area contributed by atoms with Crippen molar-refractivity contribution in [2.45, 2.75) is 112 Å². The van der Waals surface area contributed by atoms with Gasteiger partial charge in [-0.15, -0.1) is 0 Å². The number of rotatable bonds is 3. The molecule has 1 amide bonds. The van der Waals surface area contributed by atoms with Gasteiger partial charge < -0.3 is 15.4 Å². The summed E-state index contributed by atoms with van der Waals surface area (Å²) in [5, 5.41) is 13.6. The molecule has 232 valence electrons. The van der Waals surface area contributed by atoms with Gasteiger partial charge in [-0.2, -0.15) is 0 Å². The highest BCUT2D eigenvalue weighted by molar-refractivity contribution is 5.87. The van der Waals surface area contributed by atoms with E-state index < -0.39 is 11.4 Å². The third kappa shape index (κ3) is 3.75. The lowest BCUT2D eigenvalue weighted by molar-refractivity contribution is -0.168. The van der Waals surface area contributed by atoms with E-state index in [0.29, 0.717) is 11.8 Å². The zero-order valence-electron chi connectivity index (χ0n) is 27.5. The molecule has 7 rings (SSSR count). The van der Waals surface area contributed by atoms with Crippen LogP contribution in [0.4, 0.5) is 0 Å². The number of aromatic amines is 1. The topological polar surface area (TPSA) is 82.2 Å². The van der Waals surface area contributed by atoms with Crippen LogP contribution < -0.4 is 5.32 Å². The minimum Gasteiger partial charge on any atom is -0.480 e. The van der Waals surface area contributed by atoms with Crippen molar-refractivity contribution in [1.82, 2.24) is 10.3 Å². The van der Waals surface area contributed by atoms with Crippen LogP contribution in [0.1, 0.15) is 111 Å². The minimum absolute atomic E-state index is 0.0257. The van der Waals surface area contributed by atoms with Crippen molar-refractivity contribution < 1.29 is 14.7 Å². The smallest absolute Gasteiger partial charge is 0.322 e. The number of amides is 1. The normalized spacial score (nSPS) is 40.6. The molecule has 1 heterocycles. The van der Waals surface area contributed by atoms with Crippen LogP contribution in [-0.4, -0.2) is 28.5 Å². The quantitative estimate of drug-likeness (QED) is 0.318. The van der Waals surface area contributed by atoms with Crippen LogP contribution in [0.15, 0.2) is 35.9 Å². The molecule has 0 aliphatic heterocycles. The van der Waals surface area contributed by atoms with Gasteiger partial charge in [0, 0.05) is 22.0 Å². The number of hydrogen-bond donors (Lipinski definition) is 3. The summed E-state index contributed by atoms with van der Waals surface area (Å²) in [6, 6.07) is 8.89. The van der Waals surface area contributed by atoms with Gasteiger partial charge in [-0.25, -0.2) is 0 Å². The Morgan fingerprint density at radius 2 is 1.67 bits per heavy atom. The second-order valence-electron chi connectivity index (χ2n) is 17.4. The molecule has 5 aliphatic rings. The molecular weight excluding hydrogens is 532 g/mol. The number of hydrogen-bond acceptors (Lipinski definition) is 2. The summed E-state index contributed by atoms with van der Waals surface area (Å²) in [5.74, 6) is 0.357. The minimum atomic E-state index is -0.968. The molecule has 7 atom stereocenters. The van der Waals surface area contributed by atoms with Crippen molar-refractivity contribution in [1.29, 1.82) is 0 Å². The third-order valence-corrected chi connectivity index (χ3v) is 14.6. The average Bonchev–Trinajstić information content (AvgIpc) is 3.31. The third-order valence-electron chi connectivity index (χ3n) is 14.6. The zero-order valence-corrected chi connectivity index (χ0v) is 27.5. The van der Waals surface area contributed by atoms with E-state index >= 15 is 0 Å². The number of carboxylic acids is 1. The van der Waals surface area contributed by atoms with Crippen molar-refractivity contribution in [3.8, 4) is 0 Å². The molecule has 1 aromatic heterocycles. The van der Waals surface area contributed by atoms with Crippen LogP contribution in [0.2, 0.25) is 0 Å². The van der Waals surface area contributed by atoms with Gasteiger partial charge in [-0.05, 0) is 109 Å². The fourth-order valence-electron chi connectivity index (χ4n) is 12.3. The maximum atomic E-state index is 13.9. The summed E-state index contributed by atoms with van der Waals surface area (Å²) in [5.41, 5.74) is 5.90. The Bertz CT molecular complexity index is 1550. The number of allylic oxidation sites excluding steroid dienone is 2. The van der Waals surface area contributed by atoms with Gasteiger partial charge in [0.05, 0.1) is 5.41 Å². The number of aliphatic carboxylic acids is 1. The molecule has 5 aliphatic carbocycles. The monoisotopic (exact) mass is 584 g/mol. The highest BCUT2D eigenvalue weighted by Crippen LogP contribution is 2.75. The highest BCUT2D eigenvalue weighted by atomic mass is 16.4. The van der Waals surface area contributed by atoms with Crippen molar-refractivity contribution in [2.24, 2.45) is 44.8 Å². The van der Waals surface area contributed by atoms with E-state index in [-0.39, 0.29) is 45.4 Å². The first-order valence-corrected chi connectivity index (χ1v) is 16.9. The fraction of sp³-hybridized carbons (Fsp3) is 0.684. The van der Waals surface area contributed by atoms with Crippen LogP contribution >= 0.6 is 0 Å².